The number of ether oxygens (including phenoxy) is 1. The van der Waals surface area contributed by atoms with Gasteiger partial charge in [-0.2, -0.15) is 0 Å². The fourth-order valence-corrected chi connectivity index (χ4v) is 1.21. The summed E-state index contributed by atoms with van der Waals surface area (Å²) in [5.41, 5.74) is 7.45. The van der Waals surface area contributed by atoms with E-state index in [9.17, 15) is 0 Å². The zero-order valence-electron chi connectivity index (χ0n) is 7.71. The molecule has 0 radical (unpaired) electrons. The van der Waals surface area contributed by atoms with Crippen molar-refractivity contribution in [1.29, 1.82) is 0 Å². The van der Waals surface area contributed by atoms with E-state index in [2.05, 4.69) is 5.32 Å². The molecule has 0 atom stereocenters. The van der Waals surface area contributed by atoms with Crippen LogP contribution in [0.25, 0.3) is 0 Å². The molecule has 13 heavy (non-hydrogen) atoms. The summed E-state index contributed by atoms with van der Waals surface area (Å²) in [6.45, 7) is 0. The maximum atomic E-state index is 5.71. The minimum Gasteiger partial charge on any atom is -0.490 e. The molecule has 0 amide bonds. The van der Waals surface area contributed by atoms with Crippen molar-refractivity contribution < 1.29 is 4.74 Å². The molecule has 0 saturated heterocycles. The molecule has 0 aromatic heterocycles. The van der Waals surface area contributed by atoms with Gasteiger partial charge in [0.25, 0.3) is 0 Å². The number of anilines is 2. The van der Waals surface area contributed by atoms with Gasteiger partial charge in [0.05, 0.1) is 6.10 Å². The van der Waals surface area contributed by atoms with Crippen molar-refractivity contribution in [1.82, 2.24) is 0 Å². The van der Waals surface area contributed by atoms with E-state index in [1.165, 1.54) is 12.8 Å². The molecule has 1 aliphatic rings. The van der Waals surface area contributed by atoms with E-state index < -0.39 is 0 Å². The highest BCUT2D eigenvalue weighted by Crippen LogP contribution is 2.29. The lowest BCUT2D eigenvalue weighted by atomic mass is 10.2. The normalized spacial score (nSPS) is 15.5. The van der Waals surface area contributed by atoms with Gasteiger partial charge in [-0.15, -0.1) is 0 Å². The largest absolute Gasteiger partial charge is 0.490 e. The first-order valence-corrected chi connectivity index (χ1v) is 4.53. The lowest BCUT2D eigenvalue weighted by Gasteiger charge is -2.08. The van der Waals surface area contributed by atoms with Crippen LogP contribution in [-0.2, 0) is 0 Å². The SMILES string of the molecule is CNc1cc(N)cc(OC2CC2)c1. The number of nitrogen functional groups attached to an aromatic ring is 1. The quantitative estimate of drug-likeness (QED) is 0.694. The maximum Gasteiger partial charge on any atom is 0.123 e. The Labute approximate surface area is 77.9 Å². The van der Waals surface area contributed by atoms with Crippen molar-refractivity contribution in [2.45, 2.75) is 18.9 Å². The van der Waals surface area contributed by atoms with Gasteiger partial charge < -0.3 is 15.8 Å². The molecule has 1 aromatic rings. The Bertz CT molecular complexity index is 308. The molecule has 3 nitrogen and oxygen atoms in total. The third-order valence-electron chi connectivity index (χ3n) is 2.04. The minimum atomic E-state index is 0.423. The van der Waals surface area contributed by atoms with E-state index in [-0.39, 0.29) is 0 Å². The zero-order chi connectivity index (χ0) is 9.26. The van der Waals surface area contributed by atoms with Gasteiger partial charge in [0.1, 0.15) is 5.75 Å². The van der Waals surface area contributed by atoms with E-state index in [4.69, 9.17) is 10.5 Å². The van der Waals surface area contributed by atoms with Crippen molar-refractivity contribution in [3.8, 4) is 5.75 Å². The first-order chi connectivity index (χ1) is 6.28. The second-order valence-corrected chi connectivity index (χ2v) is 3.36. The Hall–Kier alpha value is -1.38. The summed E-state index contributed by atoms with van der Waals surface area (Å²) < 4.78 is 5.63. The molecule has 1 aliphatic carbocycles. The Balaban J connectivity index is 2.17. The van der Waals surface area contributed by atoms with Crippen molar-refractivity contribution in [3.05, 3.63) is 18.2 Å². The van der Waals surface area contributed by atoms with Gasteiger partial charge in [0.2, 0.25) is 0 Å². The minimum absolute atomic E-state index is 0.423. The van der Waals surface area contributed by atoms with Gasteiger partial charge in [-0.25, -0.2) is 0 Å². The topological polar surface area (TPSA) is 47.3 Å². The van der Waals surface area contributed by atoms with Crippen LogP contribution in [-0.4, -0.2) is 13.2 Å². The summed E-state index contributed by atoms with van der Waals surface area (Å²) in [4.78, 5) is 0. The molecular weight excluding hydrogens is 164 g/mol. The van der Waals surface area contributed by atoms with Crippen LogP contribution in [0.5, 0.6) is 5.75 Å². The molecule has 0 spiro atoms. The zero-order valence-corrected chi connectivity index (χ0v) is 7.71. The van der Waals surface area contributed by atoms with Crippen molar-refractivity contribution in [2.75, 3.05) is 18.1 Å². The van der Waals surface area contributed by atoms with Gasteiger partial charge in [0.15, 0.2) is 0 Å². The Kier molecular flexibility index (Phi) is 2.00. The third-order valence-corrected chi connectivity index (χ3v) is 2.04. The fraction of sp³-hybridized carbons (Fsp3) is 0.400. The van der Waals surface area contributed by atoms with Gasteiger partial charge in [-0.3, -0.25) is 0 Å². The predicted molar refractivity (Wildman–Crippen MR) is 54.1 cm³/mol. The number of hydrogen-bond acceptors (Lipinski definition) is 3. The van der Waals surface area contributed by atoms with Gasteiger partial charge >= 0.3 is 0 Å². The first-order valence-electron chi connectivity index (χ1n) is 4.53. The van der Waals surface area contributed by atoms with Crippen LogP contribution >= 0.6 is 0 Å². The fourth-order valence-electron chi connectivity index (χ4n) is 1.21. The first kappa shape index (κ1) is 8.23. The highest BCUT2D eigenvalue weighted by Gasteiger charge is 2.23. The third kappa shape index (κ3) is 2.05. The molecular formula is C10H14N2O. The molecule has 3 heteroatoms. The van der Waals surface area contributed by atoms with Crippen LogP contribution in [0.3, 0.4) is 0 Å². The molecule has 0 unspecified atom stereocenters. The number of nitrogens with one attached hydrogen (secondary N) is 1. The van der Waals surface area contributed by atoms with Gasteiger partial charge in [0, 0.05) is 30.6 Å². The van der Waals surface area contributed by atoms with Crippen LogP contribution in [0.4, 0.5) is 11.4 Å². The lowest BCUT2D eigenvalue weighted by molar-refractivity contribution is 0.303. The Morgan fingerprint density at radius 3 is 2.77 bits per heavy atom. The number of hydrogen-bond donors (Lipinski definition) is 2. The second kappa shape index (κ2) is 3.17. The van der Waals surface area contributed by atoms with E-state index in [0.717, 1.165) is 17.1 Å². The molecule has 3 N–H and O–H groups in total. The van der Waals surface area contributed by atoms with E-state index in [0.29, 0.717) is 6.10 Å². The number of rotatable bonds is 3. The molecule has 0 heterocycles. The second-order valence-electron chi connectivity index (χ2n) is 3.36. The van der Waals surface area contributed by atoms with Crippen LogP contribution < -0.4 is 15.8 Å². The smallest absolute Gasteiger partial charge is 0.123 e. The Morgan fingerprint density at radius 1 is 1.38 bits per heavy atom. The summed E-state index contributed by atoms with van der Waals surface area (Å²) in [6.07, 6.45) is 2.76. The number of nitrogens with two attached hydrogens (primary N) is 1. The summed E-state index contributed by atoms with van der Waals surface area (Å²) >= 11 is 0. The molecule has 1 aromatic carbocycles. The van der Waals surface area contributed by atoms with Crippen LogP contribution in [0.1, 0.15) is 12.8 Å². The maximum absolute atomic E-state index is 5.71. The average Bonchev–Trinajstić information content (AvgIpc) is 2.87. The van der Waals surface area contributed by atoms with Crippen molar-refractivity contribution in [3.63, 3.8) is 0 Å². The molecule has 1 fully saturated rings. The predicted octanol–water partition coefficient (Wildman–Crippen LogP) is 1.85. The molecule has 1 saturated carbocycles. The summed E-state index contributed by atoms with van der Waals surface area (Å²) in [6, 6.07) is 5.72. The highest BCUT2D eigenvalue weighted by molar-refractivity contribution is 5.58. The molecule has 70 valence electrons. The van der Waals surface area contributed by atoms with Crippen LogP contribution in [0.15, 0.2) is 18.2 Å². The molecule has 0 aliphatic heterocycles. The van der Waals surface area contributed by atoms with E-state index in [1.807, 2.05) is 25.2 Å². The highest BCUT2D eigenvalue weighted by atomic mass is 16.5. The van der Waals surface area contributed by atoms with Gasteiger partial charge in [-0.1, -0.05) is 0 Å². The van der Waals surface area contributed by atoms with Gasteiger partial charge in [-0.05, 0) is 18.9 Å². The monoisotopic (exact) mass is 178 g/mol. The van der Waals surface area contributed by atoms with E-state index >= 15 is 0 Å². The standard InChI is InChI=1S/C10H14N2O/c1-12-8-4-7(11)5-10(6-8)13-9-2-3-9/h4-6,9,12H,2-3,11H2,1H3. The molecule has 2 rings (SSSR count). The van der Waals surface area contributed by atoms with Crippen LogP contribution in [0, 0.1) is 0 Å². The van der Waals surface area contributed by atoms with Crippen molar-refractivity contribution >= 4 is 11.4 Å². The summed E-state index contributed by atoms with van der Waals surface area (Å²) in [7, 11) is 1.87. The summed E-state index contributed by atoms with van der Waals surface area (Å²) in [5, 5.41) is 3.04. The molecule has 0 bridgehead atoms. The average molecular weight is 178 g/mol. The summed E-state index contributed by atoms with van der Waals surface area (Å²) in [5.74, 6) is 0.867. The number of benzene rings is 1. The van der Waals surface area contributed by atoms with Crippen molar-refractivity contribution in [2.24, 2.45) is 0 Å². The van der Waals surface area contributed by atoms with E-state index in [1.54, 1.807) is 0 Å². The van der Waals surface area contributed by atoms with Crippen LogP contribution in [0.2, 0.25) is 0 Å². The lowest BCUT2D eigenvalue weighted by Crippen LogP contribution is -1.98. The Morgan fingerprint density at radius 2 is 2.15 bits per heavy atom.